The lowest BCUT2D eigenvalue weighted by atomic mass is 10.1. The molecule has 0 unspecified atom stereocenters. The summed E-state index contributed by atoms with van der Waals surface area (Å²) in [5, 5.41) is 2.59. The monoisotopic (exact) mass is 207 g/mol. The summed E-state index contributed by atoms with van der Waals surface area (Å²) in [6, 6.07) is -0.266. The van der Waals surface area contributed by atoms with Crippen molar-refractivity contribution in [1.82, 2.24) is 5.32 Å². The molecule has 1 amide bonds. The molecule has 2 nitrogen and oxygen atoms in total. The van der Waals surface area contributed by atoms with Crippen LogP contribution in [0.2, 0.25) is 0 Å². The molecule has 1 heterocycles. The third-order valence-corrected chi connectivity index (χ3v) is 3.45. The van der Waals surface area contributed by atoms with Crippen LogP contribution in [0.3, 0.4) is 0 Å². The minimum atomic E-state index is -0.841. The highest BCUT2D eigenvalue weighted by Crippen LogP contribution is 2.39. The van der Waals surface area contributed by atoms with Crippen LogP contribution in [0.1, 0.15) is 6.42 Å². The van der Waals surface area contributed by atoms with Crippen LogP contribution in [0.4, 0.5) is 4.39 Å². The standard InChI is InChI=1S/C6H7BrFNO/c7-4-2-1-3(8)5(4)9-6(2)10/h2-5H,1H2,(H,9,10)/t2-,3-,4+,5-/m0/s1. The van der Waals surface area contributed by atoms with Crippen molar-refractivity contribution in [3.05, 3.63) is 0 Å². The lowest BCUT2D eigenvalue weighted by Crippen LogP contribution is -2.38. The van der Waals surface area contributed by atoms with Gasteiger partial charge in [0.15, 0.2) is 0 Å². The van der Waals surface area contributed by atoms with Crippen LogP contribution >= 0.6 is 15.9 Å². The highest BCUT2D eigenvalue weighted by atomic mass is 79.9. The van der Waals surface area contributed by atoms with E-state index >= 15 is 0 Å². The van der Waals surface area contributed by atoms with Gasteiger partial charge in [-0.15, -0.1) is 0 Å². The van der Waals surface area contributed by atoms with Gasteiger partial charge in [0, 0.05) is 4.83 Å². The maximum absolute atomic E-state index is 12.8. The van der Waals surface area contributed by atoms with Gasteiger partial charge in [0.25, 0.3) is 0 Å². The minimum Gasteiger partial charge on any atom is -0.349 e. The fourth-order valence-electron chi connectivity index (χ4n) is 1.66. The molecule has 2 bridgehead atoms. The lowest BCUT2D eigenvalue weighted by molar-refractivity contribution is -0.124. The van der Waals surface area contributed by atoms with Gasteiger partial charge in [0.1, 0.15) is 6.17 Å². The van der Waals surface area contributed by atoms with Gasteiger partial charge >= 0.3 is 0 Å². The smallest absolute Gasteiger partial charge is 0.224 e. The predicted octanol–water partition coefficient (Wildman–Crippen LogP) is 0.606. The van der Waals surface area contributed by atoms with Crippen molar-refractivity contribution in [2.75, 3.05) is 0 Å². The Hall–Kier alpha value is -0.120. The topological polar surface area (TPSA) is 29.1 Å². The number of hydrogen-bond donors (Lipinski definition) is 1. The van der Waals surface area contributed by atoms with Crippen LogP contribution in [0, 0.1) is 5.92 Å². The molecule has 2 aliphatic rings. The van der Waals surface area contributed by atoms with E-state index in [4.69, 9.17) is 0 Å². The second-order valence-corrected chi connectivity index (χ2v) is 3.89. The molecule has 1 saturated carbocycles. The summed E-state index contributed by atoms with van der Waals surface area (Å²) < 4.78 is 12.8. The average Bonchev–Trinajstić information content (AvgIpc) is 2.26. The summed E-state index contributed by atoms with van der Waals surface area (Å²) >= 11 is 3.29. The van der Waals surface area contributed by atoms with E-state index in [2.05, 4.69) is 21.2 Å². The zero-order valence-electron chi connectivity index (χ0n) is 5.18. The number of rotatable bonds is 0. The Morgan fingerprint density at radius 1 is 1.70 bits per heavy atom. The highest BCUT2D eigenvalue weighted by Gasteiger charge is 2.52. The molecule has 56 valence electrons. The van der Waals surface area contributed by atoms with Crippen LogP contribution in [-0.2, 0) is 4.79 Å². The molecule has 1 saturated heterocycles. The number of halogens is 2. The zero-order chi connectivity index (χ0) is 7.30. The van der Waals surface area contributed by atoms with E-state index in [0.29, 0.717) is 6.42 Å². The first-order chi connectivity index (χ1) is 4.70. The van der Waals surface area contributed by atoms with Crippen molar-refractivity contribution in [2.45, 2.75) is 23.5 Å². The number of piperidine rings is 1. The minimum absolute atomic E-state index is 0.000718. The molecule has 1 aliphatic heterocycles. The first-order valence-corrected chi connectivity index (χ1v) is 4.20. The Balaban J connectivity index is 2.25. The summed E-state index contributed by atoms with van der Waals surface area (Å²) in [4.78, 5) is 10.9. The van der Waals surface area contributed by atoms with Crippen molar-refractivity contribution in [3.8, 4) is 0 Å². The van der Waals surface area contributed by atoms with Gasteiger partial charge in [0.2, 0.25) is 5.91 Å². The maximum atomic E-state index is 12.8. The summed E-state index contributed by atoms with van der Waals surface area (Å²) in [6.45, 7) is 0. The van der Waals surface area contributed by atoms with E-state index in [-0.39, 0.29) is 22.7 Å². The van der Waals surface area contributed by atoms with Crippen molar-refractivity contribution in [2.24, 2.45) is 5.92 Å². The van der Waals surface area contributed by atoms with Gasteiger partial charge in [-0.1, -0.05) is 15.9 Å². The molecule has 2 rings (SSSR count). The van der Waals surface area contributed by atoms with Crippen LogP contribution in [0.5, 0.6) is 0 Å². The second kappa shape index (κ2) is 1.94. The van der Waals surface area contributed by atoms with Crippen LogP contribution in [0.25, 0.3) is 0 Å². The van der Waals surface area contributed by atoms with E-state index in [0.717, 1.165) is 0 Å². The predicted molar refractivity (Wildman–Crippen MR) is 37.6 cm³/mol. The first kappa shape index (κ1) is 6.58. The number of carbonyl (C=O) groups is 1. The van der Waals surface area contributed by atoms with Crippen LogP contribution in [-0.4, -0.2) is 22.9 Å². The van der Waals surface area contributed by atoms with E-state index in [9.17, 15) is 9.18 Å². The van der Waals surface area contributed by atoms with Gasteiger partial charge in [-0.25, -0.2) is 4.39 Å². The van der Waals surface area contributed by atoms with Gasteiger partial charge in [-0.2, -0.15) is 0 Å². The zero-order valence-corrected chi connectivity index (χ0v) is 6.77. The molecule has 4 heteroatoms. The van der Waals surface area contributed by atoms with Crippen LogP contribution < -0.4 is 5.32 Å². The molecule has 2 fully saturated rings. The molecule has 0 aromatic carbocycles. The number of alkyl halides is 2. The molecular weight excluding hydrogens is 201 g/mol. The molecule has 4 atom stereocenters. The third-order valence-electron chi connectivity index (χ3n) is 2.24. The van der Waals surface area contributed by atoms with Crippen molar-refractivity contribution < 1.29 is 9.18 Å². The molecule has 0 aromatic rings. The normalized spacial score (nSPS) is 51.6. The van der Waals surface area contributed by atoms with Gasteiger partial charge in [0.05, 0.1) is 12.0 Å². The first-order valence-electron chi connectivity index (χ1n) is 3.28. The summed E-state index contributed by atoms with van der Waals surface area (Å²) in [5.41, 5.74) is 0. The van der Waals surface area contributed by atoms with E-state index < -0.39 is 6.17 Å². The Morgan fingerprint density at radius 2 is 2.40 bits per heavy atom. The van der Waals surface area contributed by atoms with E-state index in [1.165, 1.54) is 0 Å². The quantitative estimate of drug-likeness (QED) is 0.580. The molecular formula is C6H7BrFNO. The second-order valence-electron chi connectivity index (χ2n) is 2.84. The van der Waals surface area contributed by atoms with Crippen LogP contribution in [0.15, 0.2) is 0 Å². The van der Waals surface area contributed by atoms with Crippen molar-refractivity contribution in [1.29, 1.82) is 0 Å². The molecule has 0 radical (unpaired) electrons. The van der Waals surface area contributed by atoms with Gasteiger partial charge in [-0.05, 0) is 6.42 Å². The number of carbonyl (C=O) groups excluding carboxylic acids is 1. The summed E-state index contributed by atoms with van der Waals surface area (Å²) in [7, 11) is 0. The third kappa shape index (κ3) is 0.654. The van der Waals surface area contributed by atoms with E-state index in [1.807, 2.05) is 0 Å². The Bertz CT molecular complexity index is 187. The summed E-state index contributed by atoms with van der Waals surface area (Å²) in [5.74, 6) is -0.124. The van der Waals surface area contributed by atoms with Gasteiger partial charge in [-0.3, -0.25) is 4.79 Å². The Labute approximate surface area is 66.3 Å². The maximum Gasteiger partial charge on any atom is 0.224 e. The lowest BCUT2D eigenvalue weighted by Gasteiger charge is -2.14. The van der Waals surface area contributed by atoms with Crippen molar-refractivity contribution in [3.63, 3.8) is 0 Å². The van der Waals surface area contributed by atoms with E-state index in [1.54, 1.807) is 0 Å². The Morgan fingerprint density at radius 3 is 2.70 bits per heavy atom. The highest BCUT2D eigenvalue weighted by molar-refractivity contribution is 9.09. The largest absolute Gasteiger partial charge is 0.349 e. The summed E-state index contributed by atoms with van der Waals surface area (Å²) in [6.07, 6.45) is -0.445. The average molecular weight is 208 g/mol. The molecule has 10 heavy (non-hydrogen) atoms. The Kier molecular flexibility index (Phi) is 1.27. The molecule has 0 aromatic heterocycles. The fraction of sp³-hybridized carbons (Fsp3) is 0.833. The van der Waals surface area contributed by atoms with Crippen molar-refractivity contribution >= 4 is 21.8 Å². The number of amides is 1. The van der Waals surface area contributed by atoms with Gasteiger partial charge < -0.3 is 5.32 Å². The SMILES string of the molecule is O=C1N[C@@H]2[C@H](Br)[C@@H]1C[C@@H]2F. The number of fused-ring (bicyclic) bond motifs is 2. The number of nitrogens with one attached hydrogen (secondary N) is 1. The molecule has 1 aliphatic carbocycles. The molecule has 1 N–H and O–H groups in total. The molecule has 0 spiro atoms. The number of hydrogen-bond acceptors (Lipinski definition) is 1. The fourth-order valence-corrected chi connectivity index (χ4v) is 2.58.